The second-order valence-electron chi connectivity index (χ2n) is 4.37. The number of aromatic nitrogens is 1. The summed E-state index contributed by atoms with van der Waals surface area (Å²) < 4.78 is 0. The predicted octanol–water partition coefficient (Wildman–Crippen LogP) is 0.743. The first kappa shape index (κ1) is 11.8. The average Bonchev–Trinajstić information content (AvgIpc) is 2.79. The molecule has 1 saturated heterocycles. The van der Waals surface area contributed by atoms with Crippen LogP contribution in [0.2, 0.25) is 0 Å². The van der Waals surface area contributed by atoms with E-state index in [4.69, 9.17) is 0 Å². The highest BCUT2D eigenvalue weighted by molar-refractivity contribution is 7.13. The molecule has 0 aliphatic carbocycles. The van der Waals surface area contributed by atoms with Crippen molar-refractivity contribution in [1.29, 1.82) is 0 Å². The third-order valence-electron chi connectivity index (χ3n) is 2.74. The summed E-state index contributed by atoms with van der Waals surface area (Å²) in [6.07, 6.45) is 1.62. The fraction of sp³-hybridized carbons (Fsp3) is 0.500. The maximum Gasteiger partial charge on any atom is 0.321 e. The number of carbonyl (C=O) groups is 2. The molecule has 1 aromatic heterocycles. The maximum absolute atomic E-state index is 11.6. The zero-order chi connectivity index (χ0) is 12.5. The Bertz CT molecular complexity index is 434. The Kier molecular flexibility index (Phi) is 3.01. The molecule has 2 rings (SSSR count). The Morgan fingerprint density at radius 3 is 3.00 bits per heavy atom. The number of β-lactam (4-membered cyclic amide) rings is 1. The summed E-state index contributed by atoms with van der Waals surface area (Å²) in [5, 5.41) is 7.61. The second kappa shape index (κ2) is 4.33. The lowest BCUT2D eigenvalue weighted by Crippen LogP contribution is -2.62. The van der Waals surface area contributed by atoms with E-state index in [1.807, 2.05) is 6.92 Å². The van der Waals surface area contributed by atoms with Crippen LogP contribution in [0.1, 0.15) is 6.92 Å². The van der Waals surface area contributed by atoms with Crippen LogP contribution >= 0.6 is 11.3 Å². The standard InChI is InChI=1S/C10H14N4O2S/c1-10(6-14(2)7(10)15)5-12-8(16)13-9-11-3-4-17-9/h3-4H,5-6H2,1-2H3,(H2,11,12,13,16). The minimum Gasteiger partial charge on any atom is -0.344 e. The third kappa shape index (κ3) is 2.38. The molecule has 1 aromatic rings. The van der Waals surface area contributed by atoms with Crippen molar-refractivity contribution >= 4 is 28.4 Å². The van der Waals surface area contributed by atoms with E-state index in [-0.39, 0.29) is 11.9 Å². The Balaban J connectivity index is 1.79. The summed E-state index contributed by atoms with van der Waals surface area (Å²) in [5.41, 5.74) is -0.463. The predicted molar refractivity (Wildman–Crippen MR) is 64.9 cm³/mol. The minimum absolute atomic E-state index is 0.0621. The van der Waals surface area contributed by atoms with Gasteiger partial charge in [-0.3, -0.25) is 10.1 Å². The van der Waals surface area contributed by atoms with E-state index in [2.05, 4.69) is 15.6 Å². The number of nitrogens with one attached hydrogen (secondary N) is 2. The summed E-state index contributed by atoms with van der Waals surface area (Å²) >= 11 is 1.35. The van der Waals surface area contributed by atoms with Crippen LogP contribution in [-0.4, -0.2) is 42.0 Å². The number of hydrogen-bond acceptors (Lipinski definition) is 4. The molecule has 6 nitrogen and oxygen atoms in total. The number of carbonyl (C=O) groups excluding carboxylic acids is 2. The number of nitrogens with zero attached hydrogens (tertiary/aromatic N) is 2. The van der Waals surface area contributed by atoms with Crippen LogP contribution in [0.15, 0.2) is 11.6 Å². The third-order valence-corrected chi connectivity index (χ3v) is 3.43. The lowest BCUT2D eigenvalue weighted by Gasteiger charge is -2.44. The molecular weight excluding hydrogens is 240 g/mol. The summed E-state index contributed by atoms with van der Waals surface area (Å²) in [4.78, 5) is 28.6. The summed E-state index contributed by atoms with van der Waals surface area (Å²) in [7, 11) is 1.75. The smallest absolute Gasteiger partial charge is 0.321 e. The van der Waals surface area contributed by atoms with Gasteiger partial charge in [-0.2, -0.15) is 0 Å². The number of amides is 3. The van der Waals surface area contributed by atoms with E-state index in [0.29, 0.717) is 18.2 Å². The van der Waals surface area contributed by atoms with E-state index in [0.717, 1.165) is 0 Å². The molecule has 2 N–H and O–H groups in total. The Labute approximate surface area is 103 Å². The Hall–Kier alpha value is -1.63. The molecule has 0 radical (unpaired) electrons. The molecule has 17 heavy (non-hydrogen) atoms. The molecule has 1 aliphatic rings. The normalized spacial score (nSPS) is 23.2. The van der Waals surface area contributed by atoms with Crippen LogP contribution in [0, 0.1) is 5.41 Å². The van der Waals surface area contributed by atoms with Gasteiger partial charge in [-0.25, -0.2) is 9.78 Å². The molecule has 2 heterocycles. The molecule has 0 bridgehead atoms. The van der Waals surface area contributed by atoms with Crippen molar-refractivity contribution in [2.75, 3.05) is 25.5 Å². The largest absolute Gasteiger partial charge is 0.344 e. The highest BCUT2D eigenvalue weighted by Crippen LogP contribution is 2.29. The highest BCUT2D eigenvalue weighted by atomic mass is 32.1. The summed E-state index contributed by atoms with van der Waals surface area (Å²) in [5.74, 6) is 0.0621. The zero-order valence-corrected chi connectivity index (χ0v) is 10.5. The van der Waals surface area contributed by atoms with Gasteiger partial charge in [0.2, 0.25) is 5.91 Å². The molecular formula is C10H14N4O2S. The topological polar surface area (TPSA) is 74.3 Å². The first-order valence-electron chi connectivity index (χ1n) is 5.21. The zero-order valence-electron chi connectivity index (χ0n) is 9.69. The number of likely N-dealkylation sites (tertiary alicyclic amines) is 1. The molecule has 92 valence electrons. The quantitative estimate of drug-likeness (QED) is 0.781. The van der Waals surface area contributed by atoms with Crippen LogP contribution in [0.25, 0.3) is 0 Å². The molecule has 0 spiro atoms. The number of thiazole rings is 1. The van der Waals surface area contributed by atoms with Crippen molar-refractivity contribution in [3.8, 4) is 0 Å². The first-order chi connectivity index (χ1) is 8.01. The fourth-order valence-corrected chi connectivity index (χ4v) is 2.39. The van der Waals surface area contributed by atoms with Crippen molar-refractivity contribution in [3.63, 3.8) is 0 Å². The molecule has 0 saturated carbocycles. The maximum atomic E-state index is 11.6. The van der Waals surface area contributed by atoms with Gasteiger partial charge >= 0.3 is 6.03 Å². The Morgan fingerprint density at radius 1 is 1.71 bits per heavy atom. The van der Waals surface area contributed by atoms with Crippen molar-refractivity contribution in [3.05, 3.63) is 11.6 Å². The van der Waals surface area contributed by atoms with Gasteiger partial charge < -0.3 is 10.2 Å². The van der Waals surface area contributed by atoms with Crippen molar-refractivity contribution in [2.45, 2.75) is 6.92 Å². The lowest BCUT2D eigenvalue weighted by molar-refractivity contribution is -0.155. The van der Waals surface area contributed by atoms with E-state index in [1.54, 1.807) is 23.5 Å². The molecule has 1 fully saturated rings. The molecule has 1 unspecified atom stereocenters. The molecule has 3 amide bonds. The monoisotopic (exact) mass is 254 g/mol. The lowest BCUT2D eigenvalue weighted by atomic mass is 9.81. The van der Waals surface area contributed by atoms with Gasteiger partial charge in [0.05, 0.1) is 5.41 Å². The van der Waals surface area contributed by atoms with Gasteiger partial charge in [0.1, 0.15) is 0 Å². The van der Waals surface area contributed by atoms with Gasteiger partial charge in [-0.1, -0.05) is 0 Å². The van der Waals surface area contributed by atoms with Gasteiger partial charge in [0, 0.05) is 31.7 Å². The van der Waals surface area contributed by atoms with Crippen LogP contribution in [0.5, 0.6) is 0 Å². The van der Waals surface area contributed by atoms with Crippen LogP contribution in [0.4, 0.5) is 9.93 Å². The number of urea groups is 1. The number of hydrogen-bond donors (Lipinski definition) is 2. The SMILES string of the molecule is CN1CC(C)(CNC(=O)Nc2nccs2)C1=O. The highest BCUT2D eigenvalue weighted by Gasteiger charge is 2.46. The fourth-order valence-electron chi connectivity index (χ4n) is 1.87. The molecule has 7 heteroatoms. The first-order valence-corrected chi connectivity index (χ1v) is 6.09. The van der Waals surface area contributed by atoms with E-state index in [9.17, 15) is 9.59 Å². The van der Waals surface area contributed by atoms with Crippen LogP contribution in [0.3, 0.4) is 0 Å². The van der Waals surface area contributed by atoms with Crippen molar-refractivity contribution in [1.82, 2.24) is 15.2 Å². The van der Waals surface area contributed by atoms with Crippen LogP contribution in [-0.2, 0) is 4.79 Å². The van der Waals surface area contributed by atoms with E-state index >= 15 is 0 Å². The number of anilines is 1. The van der Waals surface area contributed by atoms with E-state index < -0.39 is 5.41 Å². The molecule has 1 aliphatic heterocycles. The van der Waals surface area contributed by atoms with Gasteiger partial charge in [-0.15, -0.1) is 11.3 Å². The van der Waals surface area contributed by atoms with Crippen molar-refractivity contribution < 1.29 is 9.59 Å². The van der Waals surface area contributed by atoms with E-state index in [1.165, 1.54) is 11.3 Å². The minimum atomic E-state index is -0.463. The van der Waals surface area contributed by atoms with Gasteiger partial charge in [0.25, 0.3) is 0 Å². The second-order valence-corrected chi connectivity index (χ2v) is 5.26. The summed E-state index contributed by atoms with van der Waals surface area (Å²) in [6.45, 7) is 2.86. The van der Waals surface area contributed by atoms with Gasteiger partial charge in [0.15, 0.2) is 5.13 Å². The van der Waals surface area contributed by atoms with Crippen LogP contribution < -0.4 is 10.6 Å². The molecule has 1 atom stereocenters. The average molecular weight is 254 g/mol. The Morgan fingerprint density at radius 2 is 2.47 bits per heavy atom. The van der Waals surface area contributed by atoms with Gasteiger partial charge in [-0.05, 0) is 6.92 Å². The van der Waals surface area contributed by atoms with Crippen molar-refractivity contribution in [2.24, 2.45) is 5.41 Å². The number of rotatable bonds is 3. The molecule has 0 aromatic carbocycles. The summed E-state index contributed by atoms with van der Waals surface area (Å²) in [6, 6.07) is -0.330.